The Kier molecular flexibility index (Phi) is 4.84. The number of nitrogens with two attached hydrogens (primary N) is 2. The predicted octanol–water partition coefficient (Wildman–Crippen LogP) is 5.16. The first-order chi connectivity index (χ1) is 17.0. The molecule has 174 valence electrons. The van der Waals surface area contributed by atoms with Gasteiger partial charge in [-0.15, -0.1) is 0 Å². The zero-order chi connectivity index (χ0) is 24.1. The largest absolute Gasteiger partial charge is 0.421 e. The van der Waals surface area contributed by atoms with Crippen molar-refractivity contribution in [3.63, 3.8) is 0 Å². The van der Waals surface area contributed by atoms with Crippen LogP contribution >= 0.6 is 0 Å². The summed E-state index contributed by atoms with van der Waals surface area (Å²) in [6.45, 7) is 1.81. The minimum atomic E-state index is -0.555. The molecule has 0 spiro atoms. The Morgan fingerprint density at radius 2 is 1.80 bits per heavy atom. The van der Waals surface area contributed by atoms with Gasteiger partial charge in [-0.2, -0.15) is 0 Å². The Labute approximate surface area is 200 Å². The molecular formula is C26H22FN7O. The Morgan fingerprint density at radius 3 is 2.51 bits per heavy atom. The summed E-state index contributed by atoms with van der Waals surface area (Å²) in [7, 11) is 0. The molecule has 2 aromatic carbocycles. The Bertz CT molecular complexity index is 1580. The van der Waals surface area contributed by atoms with E-state index in [4.69, 9.17) is 16.2 Å². The molecule has 1 saturated carbocycles. The Hall–Kier alpha value is -4.53. The van der Waals surface area contributed by atoms with Gasteiger partial charge >= 0.3 is 6.01 Å². The molecule has 1 aliphatic rings. The van der Waals surface area contributed by atoms with E-state index in [9.17, 15) is 0 Å². The van der Waals surface area contributed by atoms with Gasteiger partial charge in [-0.05, 0) is 61.6 Å². The Balaban J connectivity index is 1.55. The van der Waals surface area contributed by atoms with Crippen molar-refractivity contribution in [1.82, 2.24) is 24.5 Å². The molecule has 3 aromatic heterocycles. The highest BCUT2D eigenvalue weighted by Gasteiger charge is 2.34. The van der Waals surface area contributed by atoms with Crippen LogP contribution in [-0.2, 0) is 0 Å². The number of halogens is 1. The highest BCUT2D eigenvalue weighted by atomic mass is 19.1. The van der Waals surface area contributed by atoms with Gasteiger partial charge in [-0.1, -0.05) is 12.1 Å². The summed E-state index contributed by atoms with van der Waals surface area (Å²) in [6.07, 6.45) is 5.16. The molecule has 9 heteroatoms. The van der Waals surface area contributed by atoms with Crippen LogP contribution in [0.5, 0.6) is 11.8 Å². The number of benzene rings is 2. The molecule has 1 fully saturated rings. The van der Waals surface area contributed by atoms with Crippen LogP contribution < -0.4 is 16.2 Å². The number of anilines is 2. The van der Waals surface area contributed by atoms with E-state index < -0.39 is 5.82 Å². The zero-order valence-corrected chi connectivity index (χ0v) is 18.9. The number of aromatic nitrogens is 5. The lowest BCUT2D eigenvalue weighted by Crippen LogP contribution is -2.03. The fourth-order valence-corrected chi connectivity index (χ4v) is 4.38. The van der Waals surface area contributed by atoms with Gasteiger partial charge in [0.25, 0.3) is 0 Å². The lowest BCUT2D eigenvalue weighted by molar-refractivity contribution is 0.410. The molecule has 1 aliphatic carbocycles. The van der Waals surface area contributed by atoms with Crippen molar-refractivity contribution in [1.29, 1.82) is 0 Å². The molecule has 0 radical (unpaired) electrons. The van der Waals surface area contributed by atoms with Crippen molar-refractivity contribution in [2.45, 2.75) is 25.7 Å². The summed E-state index contributed by atoms with van der Waals surface area (Å²) >= 11 is 0. The zero-order valence-electron chi connectivity index (χ0n) is 18.9. The van der Waals surface area contributed by atoms with Crippen molar-refractivity contribution >= 4 is 22.5 Å². The van der Waals surface area contributed by atoms with Crippen molar-refractivity contribution in [3.05, 3.63) is 78.1 Å². The highest BCUT2D eigenvalue weighted by Crippen LogP contribution is 2.50. The SMILES string of the molecule is Cc1ccnc(Oc2ccc(-n3c(-c4ccc(N)cc4)c(C4CC4)c4ncnc(N)c43)cc2F)n1. The molecule has 3 heterocycles. The monoisotopic (exact) mass is 467 g/mol. The third kappa shape index (κ3) is 3.71. The van der Waals surface area contributed by atoms with Gasteiger partial charge in [-0.3, -0.25) is 0 Å². The number of hydrogen-bond acceptors (Lipinski definition) is 7. The van der Waals surface area contributed by atoms with Crippen LogP contribution in [0.3, 0.4) is 0 Å². The van der Waals surface area contributed by atoms with E-state index in [1.165, 1.54) is 12.4 Å². The average Bonchev–Trinajstić information content (AvgIpc) is 3.62. The quantitative estimate of drug-likeness (QED) is 0.343. The molecule has 4 N–H and O–H groups in total. The van der Waals surface area contributed by atoms with Gasteiger partial charge in [0.05, 0.1) is 11.2 Å². The van der Waals surface area contributed by atoms with Crippen molar-refractivity contribution in [2.24, 2.45) is 0 Å². The van der Waals surface area contributed by atoms with Gasteiger partial charge in [-0.25, -0.2) is 24.3 Å². The molecule has 5 aromatic rings. The smallest absolute Gasteiger partial charge is 0.322 e. The summed E-state index contributed by atoms with van der Waals surface area (Å²) in [6, 6.07) is 14.2. The summed E-state index contributed by atoms with van der Waals surface area (Å²) in [5.41, 5.74) is 18.6. The van der Waals surface area contributed by atoms with Gasteiger partial charge in [0.15, 0.2) is 17.4 Å². The molecule has 0 bridgehead atoms. The Morgan fingerprint density at radius 1 is 1.00 bits per heavy atom. The maximum Gasteiger partial charge on any atom is 0.322 e. The predicted molar refractivity (Wildman–Crippen MR) is 132 cm³/mol. The van der Waals surface area contributed by atoms with Crippen molar-refractivity contribution in [2.75, 3.05) is 11.5 Å². The maximum absolute atomic E-state index is 15.3. The molecule has 8 nitrogen and oxygen atoms in total. The van der Waals surface area contributed by atoms with Crippen LogP contribution in [0.1, 0.15) is 30.0 Å². The first kappa shape index (κ1) is 21.0. The minimum absolute atomic E-state index is 0.0245. The lowest BCUT2D eigenvalue weighted by Gasteiger charge is -2.14. The second kappa shape index (κ2) is 8.05. The van der Waals surface area contributed by atoms with Crippen molar-refractivity contribution < 1.29 is 9.13 Å². The van der Waals surface area contributed by atoms with Crippen LogP contribution in [-0.4, -0.2) is 24.5 Å². The highest BCUT2D eigenvalue weighted by molar-refractivity contribution is 5.97. The number of rotatable bonds is 5. The van der Waals surface area contributed by atoms with Crippen LogP contribution in [0.25, 0.3) is 28.0 Å². The van der Waals surface area contributed by atoms with E-state index in [1.54, 1.807) is 24.4 Å². The third-order valence-electron chi connectivity index (χ3n) is 6.13. The van der Waals surface area contributed by atoms with E-state index in [-0.39, 0.29) is 11.8 Å². The molecule has 0 amide bonds. The normalized spacial score (nSPS) is 13.3. The average molecular weight is 468 g/mol. The first-order valence-corrected chi connectivity index (χ1v) is 11.3. The van der Waals surface area contributed by atoms with Crippen LogP contribution in [0.15, 0.2) is 61.1 Å². The summed E-state index contributed by atoms with van der Waals surface area (Å²) < 4.78 is 22.8. The number of hydrogen-bond donors (Lipinski definition) is 2. The second-order valence-corrected chi connectivity index (χ2v) is 8.65. The minimum Gasteiger partial charge on any atom is -0.421 e. The number of nitrogen functional groups attached to an aromatic ring is 2. The molecular weight excluding hydrogens is 445 g/mol. The maximum atomic E-state index is 15.3. The van der Waals surface area contributed by atoms with Gasteiger partial charge in [0.1, 0.15) is 11.8 Å². The lowest BCUT2D eigenvalue weighted by atomic mass is 10.0. The number of nitrogens with zero attached hydrogens (tertiary/aromatic N) is 5. The fraction of sp³-hybridized carbons (Fsp3) is 0.154. The standard InChI is InChI=1S/C26H22FN7O/c1-14-10-11-30-26(33-14)35-20-9-8-18(12-19(20)27)34-23(16-4-6-17(28)7-5-16)21(15-2-3-15)22-24(34)25(29)32-13-31-22/h4-13,15H,2-3,28H2,1H3,(H2,29,31,32). The second-order valence-electron chi connectivity index (χ2n) is 8.65. The summed E-state index contributed by atoms with van der Waals surface area (Å²) in [5.74, 6) is 0.150. The summed E-state index contributed by atoms with van der Waals surface area (Å²) in [5, 5.41) is 0. The number of fused-ring (bicyclic) bond motifs is 1. The van der Waals surface area contributed by atoms with Crippen LogP contribution in [0.4, 0.5) is 15.9 Å². The molecule has 0 unspecified atom stereocenters. The van der Waals surface area contributed by atoms with Crippen molar-refractivity contribution in [3.8, 4) is 28.7 Å². The van der Waals surface area contributed by atoms with Gasteiger partial charge in [0, 0.05) is 34.9 Å². The molecule has 0 aliphatic heterocycles. The third-order valence-corrected chi connectivity index (χ3v) is 6.13. The van der Waals surface area contributed by atoms with Gasteiger partial charge in [0.2, 0.25) is 0 Å². The van der Waals surface area contributed by atoms with E-state index >= 15 is 4.39 Å². The molecule has 35 heavy (non-hydrogen) atoms. The van der Waals surface area contributed by atoms with E-state index in [0.29, 0.717) is 28.6 Å². The van der Waals surface area contributed by atoms with E-state index in [0.717, 1.165) is 40.9 Å². The molecule has 6 rings (SSSR count). The van der Waals surface area contributed by atoms with Gasteiger partial charge < -0.3 is 20.8 Å². The van der Waals surface area contributed by atoms with Crippen LogP contribution in [0.2, 0.25) is 0 Å². The van der Waals surface area contributed by atoms with Crippen LogP contribution in [0, 0.1) is 12.7 Å². The number of aryl methyl sites for hydroxylation is 1. The van der Waals surface area contributed by atoms with E-state index in [1.807, 2.05) is 35.8 Å². The number of ether oxygens (including phenoxy) is 1. The fourth-order valence-electron chi connectivity index (χ4n) is 4.38. The molecule has 0 atom stereocenters. The van der Waals surface area contributed by atoms with E-state index in [2.05, 4.69) is 19.9 Å². The summed E-state index contributed by atoms with van der Waals surface area (Å²) in [4.78, 5) is 17.1. The first-order valence-electron chi connectivity index (χ1n) is 11.3. The molecule has 0 saturated heterocycles. The topological polar surface area (TPSA) is 118 Å².